The highest BCUT2D eigenvalue weighted by Gasteiger charge is 2.13. The molecule has 2 aliphatic rings. The summed E-state index contributed by atoms with van der Waals surface area (Å²) in [5.74, 6) is 0. The van der Waals surface area contributed by atoms with E-state index in [9.17, 15) is 4.79 Å². The quantitative estimate of drug-likeness (QED) is 0.619. The summed E-state index contributed by atoms with van der Waals surface area (Å²) in [7, 11) is 0. The second kappa shape index (κ2) is 3.17. The molecule has 16 heavy (non-hydrogen) atoms. The number of hydrogen-bond donors (Lipinski definition) is 1. The Morgan fingerprint density at radius 1 is 1.19 bits per heavy atom. The van der Waals surface area contributed by atoms with Gasteiger partial charge in [-0.15, -0.1) is 0 Å². The minimum atomic E-state index is -0.0682. The number of fused-ring (bicyclic) bond motifs is 3. The Balaban J connectivity index is 2.62. The third-order valence-corrected chi connectivity index (χ3v) is 2.84. The number of benzene rings is 1. The van der Waals surface area contributed by atoms with Crippen molar-refractivity contribution < 1.29 is 0 Å². The highest BCUT2D eigenvalue weighted by molar-refractivity contribution is 5.96. The Morgan fingerprint density at radius 2 is 2.00 bits per heavy atom. The average molecular weight is 210 g/mol. The fourth-order valence-electron chi connectivity index (χ4n) is 2.12. The van der Waals surface area contributed by atoms with Crippen LogP contribution in [-0.2, 0) is 0 Å². The second-order valence-electron chi connectivity index (χ2n) is 3.86. The van der Waals surface area contributed by atoms with Crippen LogP contribution in [0.4, 0.5) is 0 Å². The molecule has 0 aliphatic carbocycles. The molecular formula is C13H10N2O. The summed E-state index contributed by atoms with van der Waals surface area (Å²) in [4.78, 5) is 18.7. The van der Waals surface area contributed by atoms with E-state index in [0.29, 0.717) is 5.56 Å². The van der Waals surface area contributed by atoms with Gasteiger partial charge in [0.05, 0.1) is 5.56 Å². The molecule has 3 nitrogen and oxygen atoms in total. The highest BCUT2D eigenvalue weighted by atomic mass is 16.1. The summed E-state index contributed by atoms with van der Waals surface area (Å²) in [6.45, 7) is 1.91. The Bertz CT molecular complexity index is 700. The average Bonchev–Trinajstić information content (AvgIpc) is 2.49. The standard InChI is InChI=1S/C13H10N2O/c1-8-12-10-5-3-2-4-9(10)6-14-7-11(12)13(16)15-8/h2-7H,1H3,(H,15,16). The van der Waals surface area contributed by atoms with Gasteiger partial charge in [-0.1, -0.05) is 24.3 Å². The minimum absolute atomic E-state index is 0.0682. The molecule has 0 saturated heterocycles. The molecule has 0 amide bonds. The molecule has 1 aromatic rings. The van der Waals surface area contributed by atoms with Gasteiger partial charge in [0.25, 0.3) is 5.56 Å². The normalized spacial score (nSPS) is 11.1. The third kappa shape index (κ3) is 1.15. The zero-order valence-corrected chi connectivity index (χ0v) is 8.82. The summed E-state index contributed by atoms with van der Waals surface area (Å²) in [5.41, 5.74) is 2.45. The molecule has 0 unspecified atom stereocenters. The van der Waals surface area contributed by atoms with Crippen LogP contribution in [-0.4, -0.2) is 9.97 Å². The van der Waals surface area contributed by atoms with Crippen LogP contribution in [0.5, 0.6) is 0 Å². The maximum absolute atomic E-state index is 11.7. The van der Waals surface area contributed by atoms with Crippen molar-refractivity contribution >= 4 is 10.8 Å². The van der Waals surface area contributed by atoms with Gasteiger partial charge in [0.15, 0.2) is 0 Å². The number of aromatic amines is 1. The zero-order chi connectivity index (χ0) is 11.1. The van der Waals surface area contributed by atoms with Crippen molar-refractivity contribution in [1.29, 1.82) is 0 Å². The van der Waals surface area contributed by atoms with Crippen LogP contribution < -0.4 is 5.56 Å². The second-order valence-corrected chi connectivity index (χ2v) is 3.86. The van der Waals surface area contributed by atoms with Gasteiger partial charge in [-0.25, -0.2) is 0 Å². The summed E-state index contributed by atoms with van der Waals surface area (Å²) >= 11 is 0. The van der Waals surface area contributed by atoms with E-state index in [0.717, 1.165) is 22.0 Å². The van der Waals surface area contributed by atoms with Gasteiger partial charge in [0, 0.05) is 29.0 Å². The van der Waals surface area contributed by atoms with E-state index in [-0.39, 0.29) is 5.56 Å². The number of H-pyrrole nitrogens is 1. The Kier molecular flexibility index (Phi) is 1.80. The molecule has 78 valence electrons. The number of nitrogens with one attached hydrogen (secondary N) is 1. The van der Waals surface area contributed by atoms with Crippen LogP contribution in [0.2, 0.25) is 0 Å². The van der Waals surface area contributed by atoms with Gasteiger partial charge in [0.2, 0.25) is 0 Å². The lowest BCUT2D eigenvalue weighted by Gasteiger charge is -1.97. The van der Waals surface area contributed by atoms with Gasteiger partial charge >= 0.3 is 0 Å². The van der Waals surface area contributed by atoms with Crippen molar-refractivity contribution in [2.75, 3.05) is 0 Å². The first-order chi connectivity index (χ1) is 7.77. The fourth-order valence-corrected chi connectivity index (χ4v) is 2.12. The van der Waals surface area contributed by atoms with E-state index >= 15 is 0 Å². The van der Waals surface area contributed by atoms with Gasteiger partial charge in [-0.2, -0.15) is 0 Å². The van der Waals surface area contributed by atoms with Crippen molar-refractivity contribution in [1.82, 2.24) is 9.97 Å². The van der Waals surface area contributed by atoms with Crippen LogP contribution in [0, 0.1) is 6.92 Å². The Labute approximate surface area is 92.1 Å². The topological polar surface area (TPSA) is 45.8 Å². The van der Waals surface area contributed by atoms with Gasteiger partial charge < -0.3 is 4.98 Å². The smallest absolute Gasteiger partial charge is 0.257 e. The van der Waals surface area contributed by atoms with Gasteiger partial charge in [-0.3, -0.25) is 9.78 Å². The van der Waals surface area contributed by atoms with Crippen molar-refractivity contribution in [2.24, 2.45) is 0 Å². The van der Waals surface area contributed by atoms with Crippen LogP contribution in [0.1, 0.15) is 5.69 Å². The third-order valence-electron chi connectivity index (χ3n) is 2.84. The molecule has 0 aromatic heterocycles. The molecule has 3 heteroatoms. The SMILES string of the molecule is Cc1[nH]c(=O)c2cncc3ccccc3c1-2. The first-order valence-electron chi connectivity index (χ1n) is 5.13. The van der Waals surface area contributed by atoms with Crippen molar-refractivity contribution in [3.8, 4) is 11.1 Å². The maximum atomic E-state index is 11.7. The Hall–Kier alpha value is -2.16. The summed E-state index contributed by atoms with van der Waals surface area (Å²) in [5, 5.41) is 2.10. The maximum Gasteiger partial charge on any atom is 0.257 e. The van der Waals surface area contributed by atoms with Crippen molar-refractivity contribution in [3.63, 3.8) is 0 Å². The zero-order valence-electron chi connectivity index (χ0n) is 8.82. The van der Waals surface area contributed by atoms with Gasteiger partial charge in [0.1, 0.15) is 0 Å². The molecule has 0 radical (unpaired) electrons. The monoisotopic (exact) mass is 210 g/mol. The van der Waals surface area contributed by atoms with E-state index < -0.39 is 0 Å². The highest BCUT2D eigenvalue weighted by Crippen LogP contribution is 2.28. The molecule has 0 bridgehead atoms. The van der Waals surface area contributed by atoms with Crippen molar-refractivity contribution in [2.45, 2.75) is 6.92 Å². The number of nitrogens with zero attached hydrogens (tertiary/aromatic N) is 1. The summed E-state index contributed by atoms with van der Waals surface area (Å²) in [6, 6.07) is 7.95. The van der Waals surface area contributed by atoms with Gasteiger partial charge in [-0.05, 0) is 12.3 Å². The van der Waals surface area contributed by atoms with Crippen LogP contribution >= 0.6 is 0 Å². The number of aromatic nitrogens is 2. The van der Waals surface area contributed by atoms with Crippen LogP contribution in [0.3, 0.4) is 0 Å². The summed E-state index contributed by atoms with van der Waals surface area (Å²) < 4.78 is 0. The molecule has 2 aliphatic heterocycles. The first-order valence-corrected chi connectivity index (χ1v) is 5.13. The Morgan fingerprint density at radius 3 is 2.88 bits per heavy atom. The van der Waals surface area contributed by atoms with Crippen LogP contribution in [0.25, 0.3) is 21.9 Å². The molecule has 2 heterocycles. The van der Waals surface area contributed by atoms with E-state index in [1.165, 1.54) is 0 Å². The predicted molar refractivity (Wildman–Crippen MR) is 63.7 cm³/mol. The lowest BCUT2D eigenvalue weighted by atomic mass is 10.0. The first kappa shape index (κ1) is 9.09. The van der Waals surface area contributed by atoms with E-state index in [4.69, 9.17) is 0 Å². The molecule has 1 aromatic carbocycles. The predicted octanol–water partition coefficient (Wildman–Crippen LogP) is 2.34. The fraction of sp³-hybridized carbons (Fsp3) is 0.0769. The number of aryl methyl sites for hydroxylation is 1. The molecule has 0 atom stereocenters. The van der Waals surface area contributed by atoms with E-state index in [1.807, 2.05) is 31.2 Å². The van der Waals surface area contributed by atoms with Crippen molar-refractivity contribution in [3.05, 3.63) is 52.7 Å². The summed E-state index contributed by atoms with van der Waals surface area (Å²) in [6.07, 6.45) is 3.41. The van der Waals surface area contributed by atoms with E-state index in [2.05, 4.69) is 9.97 Å². The van der Waals surface area contributed by atoms with E-state index in [1.54, 1.807) is 12.4 Å². The molecular weight excluding hydrogens is 200 g/mol. The molecule has 0 saturated carbocycles. The number of hydrogen-bond acceptors (Lipinski definition) is 2. The number of rotatable bonds is 0. The lowest BCUT2D eigenvalue weighted by molar-refractivity contribution is 1.22. The lowest BCUT2D eigenvalue weighted by Crippen LogP contribution is -1.98. The molecule has 3 rings (SSSR count). The minimum Gasteiger partial charge on any atom is -0.325 e. The molecule has 1 N–H and O–H groups in total. The largest absolute Gasteiger partial charge is 0.325 e. The molecule has 0 spiro atoms. The molecule has 0 fully saturated rings. The van der Waals surface area contributed by atoms with Crippen LogP contribution in [0.15, 0.2) is 41.5 Å².